The number of hydrogen-bond donors (Lipinski definition) is 0. The van der Waals surface area contributed by atoms with Gasteiger partial charge in [-0.2, -0.15) is 0 Å². The highest BCUT2D eigenvalue weighted by Crippen LogP contribution is 2.29. The summed E-state index contributed by atoms with van der Waals surface area (Å²) in [4.78, 5) is 20.1. The highest BCUT2D eigenvalue weighted by molar-refractivity contribution is 5.79. The summed E-state index contributed by atoms with van der Waals surface area (Å²) in [5, 5.41) is 0. The molecule has 1 saturated carbocycles. The van der Waals surface area contributed by atoms with Crippen molar-refractivity contribution in [3.8, 4) is 0 Å². The molecule has 0 spiro atoms. The third-order valence-electron chi connectivity index (χ3n) is 7.02. The Balaban J connectivity index is 1.18. The predicted molar refractivity (Wildman–Crippen MR) is 98.5 cm³/mol. The van der Waals surface area contributed by atoms with Gasteiger partial charge in [-0.15, -0.1) is 0 Å². The van der Waals surface area contributed by atoms with Crippen molar-refractivity contribution in [2.75, 3.05) is 59.0 Å². The van der Waals surface area contributed by atoms with Crippen molar-refractivity contribution >= 4 is 5.91 Å². The molecular weight excluding hydrogens is 314 g/mol. The molecule has 0 bridgehead atoms. The Morgan fingerprint density at radius 2 is 1.52 bits per heavy atom. The molecule has 5 heteroatoms. The van der Waals surface area contributed by atoms with E-state index in [2.05, 4.69) is 9.80 Å². The first kappa shape index (κ1) is 17.7. The van der Waals surface area contributed by atoms with Crippen LogP contribution in [0.5, 0.6) is 0 Å². The van der Waals surface area contributed by atoms with E-state index >= 15 is 0 Å². The van der Waals surface area contributed by atoms with Crippen LogP contribution < -0.4 is 0 Å². The van der Waals surface area contributed by atoms with Gasteiger partial charge in [0.15, 0.2) is 0 Å². The van der Waals surface area contributed by atoms with Gasteiger partial charge in [0.2, 0.25) is 5.91 Å². The van der Waals surface area contributed by atoms with Crippen LogP contribution in [0.4, 0.5) is 0 Å². The standard InChI is InChI=1S/C20H35N3O2/c24-20(23-12-14-25-15-13-23)18-4-10-22(11-5-18)19-6-8-21(9-7-19)16-17-2-1-3-17/h17-19H,1-16H2. The lowest BCUT2D eigenvalue weighted by Crippen LogP contribution is -2.51. The third kappa shape index (κ3) is 4.37. The number of carbonyl (C=O) groups is 1. The molecule has 4 aliphatic rings. The Hall–Kier alpha value is -0.650. The number of likely N-dealkylation sites (tertiary alicyclic amines) is 2. The Kier molecular flexibility index (Phi) is 5.94. The van der Waals surface area contributed by atoms with Gasteiger partial charge in [0, 0.05) is 31.6 Å². The zero-order valence-corrected chi connectivity index (χ0v) is 15.7. The number of carbonyl (C=O) groups excluding carboxylic acids is 1. The quantitative estimate of drug-likeness (QED) is 0.776. The number of morpholine rings is 1. The monoisotopic (exact) mass is 349 g/mol. The van der Waals surface area contributed by atoms with Crippen LogP contribution in [0.2, 0.25) is 0 Å². The van der Waals surface area contributed by atoms with E-state index < -0.39 is 0 Å². The molecule has 3 aliphatic heterocycles. The van der Waals surface area contributed by atoms with Crippen molar-refractivity contribution in [1.82, 2.24) is 14.7 Å². The molecule has 0 unspecified atom stereocenters. The lowest BCUT2D eigenvalue weighted by Gasteiger charge is -2.43. The molecule has 0 aromatic rings. The Morgan fingerprint density at radius 3 is 2.12 bits per heavy atom. The second-order valence-corrected chi connectivity index (χ2v) is 8.58. The van der Waals surface area contributed by atoms with Gasteiger partial charge < -0.3 is 19.4 Å². The van der Waals surface area contributed by atoms with Crippen molar-refractivity contribution in [2.24, 2.45) is 11.8 Å². The minimum atomic E-state index is 0.257. The van der Waals surface area contributed by atoms with Gasteiger partial charge >= 0.3 is 0 Å². The fraction of sp³-hybridized carbons (Fsp3) is 0.950. The topological polar surface area (TPSA) is 36.0 Å². The number of hydrogen-bond acceptors (Lipinski definition) is 4. The summed E-state index contributed by atoms with van der Waals surface area (Å²) >= 11 is 0. The van der Waals surface area contributed by atoms with E-state index in [1.165, 1.54) is 51.7 Å². The molecule has 25 heavy (non-hydrogen) atoms. The fourth-order valence-corrected chi connectivity index (χ4v) is 5.06. The minimum absolute atomic E-state index is 0.257. The van der Waals surface area contributed by atoms with Gasteiger partial charge in [-0.1, -0.05) is 6.42 Å². The summed E-state index contributed by atoms with van der Waals surface area (Å²) in [5.41, 5.74) is 0. The maximum atomic E-state index is 12.7. The SMILES string of the molecule is O=C(C1CCN(C2CCN(CC3CCC3)CC2)CC1)N1CCOCC1. The maximum Gasteiger partial charge on any atom is 0.225 e. The zero-order chi connectivity index (χ0) is 17.1. The summed E-state index contributed by atoms with van der Waals surface area (Å²) in [6, 6.07) is 0.761. The van der Waals surface area contributed by atoms with Gasteiger partial charge in [-0.25, -0.2) is 0 Å². The predicted octanol–water partition coefficient (Wildman–Crippen LogP) is 1.82. The Bertz CT molecular complexity index is 432. The van der Waals surface area contributed by atoms with E-state index in [4.69, 9.17) is 4.74 Å². The van der Waals surface area contributed by atoms with Gasteiger partial charge in [0.25, 0.3) is 0 Å². The normalized spacial score (nSPS) is 28.9. The van der Waals surface area contributed by atoms with E-state index in [1.54, 1.807) is 0 Å². The van der Waals surface area contributed by atoms with E-state index in [-0.39, 0.29) is 5.92 Å². The van der Waals surface area contributed by atoms with Gasteiger partial charge in [-0.05, 0) is 70.6 Å². The Morgan fingerprint density at radius 1 is 0.840 bits per heavy atom. The van der Waals surface area contributed by atoms with Crippen molar-refractivity contribution in [2.45, 2.75) is 51.0 Å². The van der Waals surface area contributed by atoms with Crippen LogP contribution >= 0.6 is 0 Å². The number of ether oxygens (including phenoxy) is 1. The highest BCUT2D eigenvalue weighted by atomic mass is 16.5. The van der Waals surface area contributed by atoms with Crippen LogP contribution in [-0.2, 0) is 9.53 Å². The second kappa shape index (κ2) is 8.36. The van der Waals surface area contributed by atoms with E-state index in [1.807, 2.05) is 4.90 Å². The number of amides is 1. The number of nitrogens with zero attached hydrogens (tertiary/aromatic N) is 3. The number of rotatable bonds is 4. The second-order valence-electron chi connectivity index (χ2n) is 8.58. The minimum Gasteiger partial charge on any atom is -0.378 e. The first-order chi connectivity index (χ1) is 12.3. The van der Waals surface area contributed by atoms with E-state index in [0.717, 1.165) is 51.0 Å². The zero-order valence-electron chi connectivity index (χ0n) is 15.7. The molecule has 0 aromatic carbocycles. The van der Waals surface area contributed by atoms with Gasteiger partial charge in [0.05, 0.1) is 13.2 Å². The van der Waals surface area contributed by atoms with Crippen LogP contribution in [0.15, 0.2) is 0 Å². The molecule has 4 fully saturated rings. The van der Waals surface area contributed by atoms with Gasteiger partial charge in [-0.3, -0.25) is 4.79 Å². The van der Waals surface area contributed by atoms with Crippen molar-refractivity contribution in [3.05, 3.63) is 0 Å². The average Bonchev–Trinajstić information content (AvgIpc) is 2.65. The van der Waals surface area contributed by atoms with Crippen LogP contribution in [0.25, 0.3) is 0 Å². The van der Waals surface area contributed by atoms with Gasteiger partial charge in [0.1, 0.15) is 0 Å². The molecule has 0 aromatic heterocycles. The van der Waals surface area contributed by atoms with E-state index in [9.17, 15) is 4.79 Å². The molecule has 1 amide bonds. The molecule has 3 saturated heterocycles. The van der Waals surface area contributed by atoms with Crippen LogP contribution in [0.1, 0.15) is 44.9 Å². The van der Waals surface area contributed by atoms with Crippen molar-refractivity contribution < 1.29 is 9.53 Å². The highest BCUT2D eigenvalue weighted by Gasteiger charge is 2.33. The summed E-state index contributed by atoms with van der Waals surface area (Å²) in [5.74, 6) is 1.64. The van der Waals surface area contributed by atoms with Crippen LogP contribution in [0.3, 0.4) is 0 Å². The maximum absolute atomic E-state index is 12.7. The summed E-state index contributed by atoms with van der Waals surface area (Å²) in [7, 11) is 0. The summed E-state index contributed by atoms with van der Waals surface area (Å²) in [6.07, 6.45) is 9.15. The summed E-state index contributed by atoms with van der Waals surface area (Å²) < 4.78 is 5.37. The third-order valence-corrected chi connectivity index (χ3v) is 7.02. The lowest BCUT2D eigenvalue weighted by molar-refractivity contribution is -0.141. The molecular formula is C20H35N3O2. The molecule has 1 aliphatic carbocycles. The smallest absolute Gasteiger partial charge is 0.225 e. The molecule has 0 atom stereocenters. The first-order valence-electron chi connectivity index (χ1n) is 10.6. The van der Waals surface area contributed by atoms with E-state index in [0.29, 0.717) is 19.1 Å². The average molecular weight is 350 g/mol. The summed E-state index contributed by atoms with van der Waals surface area (Å²) in [6.45, 7) is 9.16. The molecule has 4 rings (SSSR count). The number of piperidine rings is 2. The van der Waals surface area contributed by atoms with Crippen LogP contribution in [-0.4, -0.2) is 85.7 Å². The Labute approximate surface area is 152 Å². The first-order valence-corrected chi connectivity index (χ1v) is 10.6. The molecule has 142 valence electrons. The molecule has 0 N–H and O–H groups in total. The molecule has 0 radical (unpaired) electrons. The molecule has 3 heterocycles. The molecule has 5 nitrogen and oxygen atoms in total. The lowest BCUT2D eigenvalue weighted by atomic mass is 9.84. The van der Waals surface area contributed by atoms with Crippen molar-refractivity contribution in [1.29, 1.82) is 0 Å². The largest absolute Gasteiger partial charge is 0.378 e. The fourth-order valence-electron chi connectivity index (χ4n) is 5.06. The van der Waals surface area contributed by atoms with Crippen molar-refractivity contribution in [3.63, 3.8) is 0 Å². The van der Waals surface area contributed by atoms with Crippen LogP contribution in [0, 0.1) is 11.8 Å².